The fourth-order valence-electron chi connectivity index (χ4n) is 3.90. The van der Waals surface area contributed by atoms with Crippen molar-refractivity contribution in [3.63, 3.8) is 0 Å². The van der Waals surface area contributed by atoms with Gasteiger partial charge in [-0.25, -0.2) is 4.52 Å². The van der Waals surface area contributed by atoms with Crippen LogP contribution in [0.3, 0.4) is 0 Å². The van der Waals surface area contributed by atoms with Crippen molar-refractivity contribution in [2.75, 3.05) is 5.32 Å². The maximum atomic E-state index is 12.3. The Bertz CT molecular complexity index is 1480. The molecule has 5 aromatic rings. The van der Waals surface area contributed by atoms with Gasteiger partial charge in [0.25, 0.3) is 5.91 Å². The van der Waals surface area contributed by atoms with Crippen LogP contribution in [0.15, 0.2) is 102 Å². The van der Waals surface area contributed by atoms with Crippen molar-refractivity contribution in [3.05, 3.63) is 118 Å². The van der Waals surface area contributed by atoms with Gasteiger partial charge in [0.15, 0.2) is 0 Å². The second kappa shape index (κ2) is 10.0. The smallest absolute Gasteiger partial charge is 0.251 e. The van der Waals surface area contributed by atoms with Crippen molar-refractivity contribution in [3.8, 4) is 16.9 Å². The summed E-state index contributed by atoms with van der Waals surface area (Å²) in [5.41, 5.74) is 5.32. The number of pyridine rings is 1. The van der Waals surface area contributed by atoms with Crippen LogP contribution < -0.4 is 10.6 Å². The summed E-state index contributed by atoms with van der Waals surface area (Å²) in [4.78, 5) is 12.3. The fraction of sp³-hybridized carbons (Fsp3) is 0.0714. The van der Waals surface area contributed by atoms with E-state index in [1.807, 2.05) is 77.3 Å². The summed E-state index contributed by atoms with van der Waals surface area (Å²) in [6.07, 6.45) is 1.76. The number of phenolic OH excluding ortho intramolecular Hbond substituents is 1. The van der Waals surface area contributed by atoms with Crippen molar-refractivity contribution < 1.29 is 9.90 Å². The molecule has 2 aromatic heterocycles. The van der Waals surface area contributed by atoms with Crippen molar-refractivity contribution in [1.29, 1.82) is 0 Å². The van der Waals surface area contributed by atoms with Crippen LogP contribution in [0.1, 0.15) is 21.5 Å². The lowest BCUT2D eigenvalue weighted by molar-refractivity contribution is 0.0951. The summed E-state index contributed by atoms with van der Waals surface area (Å²) < 4.78 is 2.71. The topological polar surface area (TPSA) is 78.7 Å². The minimum absolute atomic E-state index is 0.0879. The standard InChI is InChI=1S/C28H23BrN4O2/c29-24-18-32-33-25(24)14-22(23-8-4-5-9-26(23)34)15-27(33)30-16-19-10-12-20(13-11-19)17-31-28(35)21-6-2-1-3-7-21/h1-15,18,30,34H,16-17H2,(H,31,35). The molecule has 7 heteroatoms. The molecule has 5 rings (SSSR count). The molecule has 0 aliphatic heterocycles. The Hall–Kier alpha value is -4.10. The summed E-state index contributed by atoms with van der Waals surface area (Å²) in [5, 5.41) is 21.2. The summed E-state index contributed by atoms with van der Waals surface area (Å²) in [5.74, 6) is 0.953. The van der Waals surface area contributed by atoms with E-state index in [0.717, 1.165) is 38.1 Å². The quantitative estimate of drug-likeness (QED) is 0.242. The van der Waals surface area contributed by atoms with Crippen LogP contribution in [0.4, 0.5) is 5.82 Å². The predicted molar refractivity (Wildman–Crippen MR) is 141 cm³/mol. The van der Waals surface area contributed by atoms with Gasteiger partial charge in [-0.05, 0) is 63.0 Å². The largest absolute Gasteiger partial charge is 0.507 e. The summed E-state index contributed by atoms with van der Waals surface area (Å²) >= 11 is 3.57. The lowest BCUT2D eigenvalue weighted by atomic mass is 10.1. The normalized spacial score (nSPS) is 10.9. The first kappa shape index (κ1) is 22.7. The summed E-state index contributed by atoms with van der Waals surface area (Å²) in [6.45, 7) is 1.06. The average Bonchev–Trinajstić information content (AvgIpc) is 3.28. The number of hydrogen-bond donors (Lipinski definition) is 3. The van der Waals surface area contributed by atoms with Gasteiger partial charge in [0, 0.05) is 24.2 Å². The van der Waals surface area contributed by atoms with E-state index < -0.39 is 0 Å². The Morgan fingerprint density at radius 3 is 2.31 bits per heavy atom. The van der Waals surface area contributed by atoms with Gasteiger partial charge in [0.1, 0.15) is 11.6 Å². The van der Waals surface area contributed by atoms with Crippen LogP contribution in [-0.4, -0.2) is 20.6 Å². The van der Waals surface area contributed by atoms with Crippen LogP contribution in [0.2, 0.25) is 0 Å². The molecule has 0 saturated carbocycles. The molecule has 1 amide bonds. The Morgan fingerprint density at radius 1 is 0.886 bits per heavy atom. The first-order valence-corrected chi connectivity index (χ1v) is 12.0. The number of carbonyl (C=O) groups excluding carboxylic acids is 1. The summed E-state index contributed by atoms with van der Waals surface area (Å²) in [6, 6.07) is 28.6. The highest BCUT2D eigenvalue weighted by Gasteiger charge is 2.12. The van der Waals surface area contributed by atoms with E-state index in [1.54, 1.807) is 24.4 Å². The zero-order valence-corrected chi connectivity index (χ0v) is 20.4. The second-order valence-electron chi connectivity index (χ2n) is 8.15. The van der Waals surface area contributed by atoms with E-state index in [9.17, 15) is 9.90 Å². The van der Waals surface area contributed by atoms with Crippen molar-refractivity contribution in [1.82, 2.24) is 14.9 Å². The molecule has 35 heavy (non-hydrogen) atoms. The van der Waals surface area contributed by atoms with E-state index >= 15 is 0 Å². The zero-order valence-electron chi connectivity index (χ0n) is 18.8. The predicted octanol–water partition coefficient (Wildman–Crippen LogP) is 6.01. The van der Waals surface area contributed by atoms with Gasteiger partial charge in [-0.2, -0.15) is 5.10 Å². The number of benzene rings is 3. The lowest BCUT2D eigenvalue weighted by Gasteiger charge is -2.13. The third-order valence-corrected chi connectivity index (χ3v) is 6.38. The molecule has 6 nitrogen and oxygen atoms in total. The minimum atomic E-state index is -0.0879. The molecule has 174 valence electrons. The number of rotatable bonds is 7. The van der Waals surface area contributed by atoms with Gasteiger partial charge in [-0.15, -0.1) is 0 Å². The third-order valence-electron chi connectivity index (χ3n) is 5.77. The number of halogens is 1. The monoisotopic (exact) mass is 526 g/mol. The number of hydrogen-bond acceptors (Lipinski definition) is 4. The summed E-state index contributed by atoms with van der Waals surface area (Å²) in [7, 11) is 0. The minimum Gasteiger partial charge on any atom is -0.507 e. The second-order valence-corrected chi connectivity index (χ2v) is 9.01. The fourth-order valence-corrected chi connectivity index (χ4v) is 4.27. The van der Waals surface area contributed by atoms with Crippen LogP contribution in [0, 0.1) is 0 Å². The van der Waals surface area contributed by atoms with Crippen molar-refractivity contribution in [2.24, 2.45) is 0 Å². The number of fused-ring (bicyclic) bond motifs is 1. The van der Waals surface area contributed by atoms with E-state index in [-0.39, 0.29) is 11.7 Å². The molecule has 0 bridgehead atoms. The van der Waals surface area contributed by atoms with Crippen LogP contribution >= 0.6 is 15.9 Å². The number of aromatic hydroxyl groups is 1. The van der Waals surface area contributed by atoms with Gasteiger partial charge in [-0.3, -0.25) is 4.79 Å². The molecule has 0 spiro atoms. The first-order valence-electron chi connectivity index (χ1n) is 11.2. The molecular weight excluding hydrogens is 504 g/mol. The maximum absolute atomic E-state index is 12.3. The number of para-hydroxylation sites is 1. The van der Waals surface area contributed by atoms with E-state index in [0.29, 0.717) is 18.7 Å². The molecule has 0 fully saturated rings. The number of nitrogens with zero attached hydrogens (tertiary/aromatic N) is 2. The molecular formula is C28H23BrN4O2. The highest BCUT2D eigenvalue weighted by Crippen LogP contribution is 2.33. The molecule has 0 aliphatic rings. The third kappa shape index (κ3) is 5.05. The zero-order chi connectivity index (χ0) is 24.2. The van der Waals surface area contributed by atoms with Gasteiger partial charge in [0.05, 0.1) is 16.2 Å². The van der Waals surface area contributed by atoms with Gasteiger partial charge < -0.3 is 15.7 Å². The highest BCUT2D eigenvalue weighted by molar-refractivity contribution is 9.10. The highest BCUT2D eigenvalue weighted by atomic mass is 79.9. The van der Waals surface area contributed by atoms with E-state index in [1.165, 1.54) is 0 Å². The molecule has 0 aliphatic carbocycles. The van der Waals surface area contributed by atoms with Gasteiger partial charge in [0.2, 0.25) is 0 Å². The number of carbonyl (C=O) groups is 1. The van der Waals surface area contributed by atoms with Crippen molar-refractivity contribution >= 4 is 33.2 Å². The van der Waals surface area contributed by atoms with E-state index in [4.69, 9.17) is 0 Å². The SMILES string of the molecule is O=C(NCc1ccc(CNc2cc(-c3ccccc3O)cc3c(Br)cnn23)cc1)c1ccccc1. The van der Waals surface area contributed by atoms with Gasteiger partial charge >= 0.3 is 0 Å². The molecule has 0 saturated heterocycles. The van der Waals surface area contributed by atoms with Crippen molar-refractivity contribution in [2.45, 2.75) is 13.1 Å². The van der Waals surface area contributed by atoms with Crippen LogP contribution in [0.25, 0.3) is 16.6 Å². The van der Waals surface area contributed by atoms with Crippen LogP contribution in [-0.2, 0) is 13.1 Å². The number of nitrogens with one attached hydrogen (secondary N) is 2. The molecule has 0 unspecified atom stereocenters. The van der Waals surface area contributed by atoms with Crippen LogP contribution in [0.5, 0.6) is 5.75 Å². The average molecular weight is 527 g/mol. The number of anilines is 1. The Labute approximate surface area is 211 Å². The number of phenols is 1. The molecule has 3 aromatic carbocycles. The Kier molecular flexibility index (Phi) is 6.50. The Morgan fingerprint density at radius 2 is 1.57 bits per heavy atom. The molecule has 3 N–H and O–H groups in total. The lowest BCUT2D eigenvalue weighted by Crippen LogP contribution is -2.22. The first-order chi connectivity index (χ1) is 17.1. The molecule has 2 heterocycles. The molecule has 0 radical (unpaired) electrons. The maximum Gasteiger partial charge on any atom is 0.251 e. The number of aromatic nitrogens is 2. The number of amides is 1. The van der Waals surface area contributed by atoms with Gasteiger partial charge in [-0.1, -0.05) is 60.7 Å². The Balaban J connectivity index is 1.29. The molecule has 0 atom stereocenters. The van der Waals surface area contributed by atoms with E-state index in [2.05, 4.69) is 31.7 Å².